The Morgan fingerprint density at radius 3 is 2.19 bits per heavy atom. The van der Waals surface area contributed by atoms with Crippen molar-refractivity contribution in [2.45, 2.75) is 6.43 Å². The number of alkyl halides is 2. The van der Waals surface area contributed by atoms with Crippen molar-refractivity contribution in [2.75, 3.05) is 75.6 Å². The van der Waals surface area contributed by atoms with Gasteiger partial charge in [0, 0.05) is 45.3 Å². The molecule has 0 spiro atoms. The topological polar surface area (TPSA) is 106 Å². The van der Waals surface area contributed by atoms with Crippen LogP contribution < -0.4 is 14.5 Å². The van der Waals surface area contributed by atoms with Crippen LogP contribution in [0, 0.1) is 0 Å². The van der Waals surface area contributed by atoms with Gasteiger partial charge in [0.05, 0.1) is 32.1 Å². The number of piperazine rings is 1. The Kier molecular flexibility index (Phi) is 6.66. The van der Waals surface area contributed by atoms with E-state index < -0.39 is 22.3 Å². The Hall–Kier alpha value is -3.10. The van der Waals surface area contributed by atoms with E-state index in [9.17, 15) is 17.2 Å². The molecule has 0 saturated carbocycles. The van der Waals surface area contributed by atoms with Crippen molar-refractivity contribution in [1.29, 1.82) is 0 Å². The van der Waals surface area contributed by atoms with Gasteiger partial charge in [-0.25, -0.2) is 22.2 Å². The molecule has 0 amide bonds. The number of imidazole rings is 1. The Bertz CT molecular complexity index is 1350. The zero-order chi connectivity index (χ0) is 25.4. The number of ether oxygens (including phenoxy) is 2. The van der Waals surface area contributed by atoms with E-state index in [1.807, 2.05) is 15.9 Å². The third-order valence-corrected chi connectivity index (χ3v) is 7.65. The van der Waals surface area contributed by atoms with Gasteiger partial charge in [0.1, 0.15) is 22.9 Å². The number of halogens is 2. The third-order valence-electron chi connectivity index (χ3n) is 6.34. The molecule has 194 valence electrons. The van der Waals surface area contributed by atoms with Crippen molar-refractivity contribution in [1.82, 2.24) is 23.8 Å². The third kappa shape index (κ3) is 4.67. The van der Waals surface area contributed by atoms with E-state index in [1.54, 1.807) is 18.2 Å². The molecule has 2 saturated heterocycles. The summed E-state index contributed by atoms with van der Waals surface area (Å²) < 4.78 is 65.7. The van der Waals surface area contributed by atoms with Gasteiger partial charge >= 0.3 is 0 Å². The molecule has 0 aliphatic carbocycles. The molecule has 2 aliphatic heterocycles. The lowest BCUT2D eigenvalue weighted by atomic mass is 10.3. The summed E-state index contributed by atoms with van der Waals surface area (Å²) in [6, 6.07) is 6.84. The molecule has 1 aromatic carbocycles. The molecular weight excluding hydrogens is 496 g/mol. The first-order valence-corrected chi connectivity index (χ1v) is 13.4. The Balaban J connectivity index is 1.63. The molecule has 36 heavy (non-hydrogen) atoms. The number of sulfonamides is 1. The lowest BCUT2D eigenvalue weighted by molar-refractivity contribution is 0.122. The number of rotatable bonds is 6. The fourth-order valence-electron chi connectivity index (χ4n) is 4.49. The number of fused-ring (bicyclic) bond motifs is 1. The van der Waals surface area contributed by atoms with Crippen molar-refractivity contribution in [3.63, 3.8) is 0 Å². The van der Waals surface area contributed by atoms with Crippen molar-refractivity contribution >= 4 is 32.7 Å². The molecule has 0 N–H and O–H groups in total. The van der Waals surface area contributed by atoms with Crippen molar-refractivity contribution in [2.24, 2.45) is 0 Å². The fourth-order valence-corrected chi connectivity index (χ4v) is 5.31. The highest BCUT2D eigenvalue weighted by molar-refractivity contribution is 7.88. The number of nitrogens with zero attached hydrogens (tertiary/aromatic N) is 7. The first kappa shape index (κ1) is 24.6. The molecule has 5 rings (SSSR count). The zero-order valence-corrected chi connectivity index (χ0v) is 20.8. The number of anilines is 2. The normalized spacial score (nSPS) is 17.8. The number of morpholine rings is 1. The summed E-state index contributed by atoms with van der Waals surface area (Å²) in [7, 11) is -1.84. The number of benzene rings is 1. The first-order chi connectivity index (χ1) is 17.3. The van der Waals surface area contributed by atoms with Crippen LogP contribution in [0.2, 0.25) is 0 Å². The van der Waals surface area contributed by atoms with Crippen LogP contribution in [-0.2, 0) is 14.8 Å². The molecule has 0 bridgehead atoms. The monoisotopic (exact) mass is 523 g/mol. The minimum atomic E-state index is -3.30. The predicted octanol–water partition coefficient (Wildman–Crippen LogP) is 1.68. The maximum Gasteiger partial charge on any atom is 0.296 e. The number of aromatic nitrogens is 4. The molecule has 2 aliphatic rings. The summed E-state index contributed by atoms with van der Waals surface area (Å²) in [5, 5.41) is 0. The predicted molar refractivity (Wildman–Crippen MR) is 130 cm³/mol. The lowest BCUT2D eigenvalue weighted by Crippen LogP contribution is -2.48. The van der Waals surface area contributed by atoms with Gasteiger partial charge in [-0.05, 0) is 12.1 Å². The molecule has 4 heterocycles. The summed E-state index contributed by atoms with van der Waals surface area (Å²) >= 11 is 0. The van der Waals surface area contributed by atoms with Crippen molar-refractivity contribution in [3.05, 3.63) is 30.1 Å². The highest BCUT2D eigenvalue weighted by Gasteiger charge is 2.28. The maximum absolute atomic E-state index is 14.2. The standard InChI is InChI=1S/C22H27F2N7O4S/c1-34-16-5-3-4-15-19(16)27-21(20(23)24)31(15)22-25-17(14-18(26-22)29-10-12-35-13-11-29)28-6-8-30(9-7-28)36(2,32)33/h3-5,14,20H,6-13H2,1-2H3. The van der Waals surface area contributed by atoms with Gasteiger partial charge in [0.25, 0.3) is 6.43 Å². The van der Waals surface area contributed by atoms with Crippen LogP contribution in [-0.4, -0.2) is 98.1 Å². The molecule has 0 radical (unpaired) electrons. The second kappa shape index (κ2) is 9.75. The molecule has 11 nitrogen and oxygen atoms in total. The largest absolute Gasteiger partial charge is 0.494 e. The van der Waals surface area contributed by atoms with Gasteiger partial charge in [0.15, 0.2) is 5.82 Å². The van der Waals surface area contributed by atoms with Gasteiger partial charge in [-0.3, -0.25) is 4.57 Å². The van der Waals surface area contributed by atoms with E-state index in [0.29, 0.717) is 80.9 Å². The van der Waals surface area contributed by atoms with Crippen LogP contribution in [0.1, 0.15) is 12.2 Å². The maximum atomic E-state index is 14.2. The van der Waals surface area contributed by atoms with E-state index in [2.05, 4.69) is 15.0 Å². The number of hydrogen-bond acceptors (Lipinski definition) is 9. The average Bonchev–Trinajstić information content (AvgIpc) is 3.29. The van der Waals surface area contributed by atoms with Gasteiger partial charge in [-0.1, -0.05) is 6.07 Å². The molecule has 0 unspecified atom stereocenters. The molecule has 2 aromatic heterocycles. The minimum Gasteiger partial charge on any atom is -0.494 e. The first-order valence-electron chi connectivity index (χ1n) is 11.5. The van der Waals surface area contributed by atoms with Gasteiger partial charge in [-0.15, -0.1) is 0 Å². The van der Waals surface area contributed by atoms with Crippen LogP contribution in [0.4, 0.5) is 20.4 Å². The second-order valence-corrected chi connectivity index (χ2v) is 10.5. The van der Waals surface area contributed by atoms with E-state index in [4.69, 9.17) is 9.47 Å². The molecule has 14 heteroatoms. The summed E-state index contributed by atoms with van der Waals surface area (Å²) in [5.74, 6) is 1.05. The minimum absolute atomic E-state index is 0.0607. The van der Waals surface area contributed by atoms with Gasteiger partial charge < -0.3 is 19.3 Å². The highest BCUT2D eigenvalue weighted by Crippen LogP contribution is 2.33. The van der Waals surface area contributed by atoms with Crippen molar-refractivity contribution in [3.8, 4) is 11.7 Å². The Morgan fingerprint density at radius 2 is 1.61 bits per heavy atom. The summed E-state index contributed by atoms with van der Waals surface area (Å²) in [6.07, 6.45) is -1.69. The number of para-hydroxylation sites is 1. The number of hydrogen-bond donors (Lipinski definition) is 0. The van der Waals surface area contributed by atoms with Crippen LogP contribution in [0.3, 0.4) is 0 Å². The lowest BCUT2D eigenvalue weighted by Gasteiger charge is -2.35. The van der Waals surface area contributed by atoms with Crippen molar-refractivity contribution < 1.29 is 26.7 Å². The molecule has 0 atom stereocenters. The zero-order valence-electron chi connectivity index (χ0n) is 20.0. The van der Waals surface area contributed by atoms with Gasteiger partial charge in [-0.2, -0.15) is 14.3 Å². The quantitative estimate of drug-likeness (QED) is 0.477. The van der Waals surface area contributed by atoms with Crippen LogP contribution in [0.15, 0.2) is 24.3 Å². The van der Waals surface area contributed by atoms with E-state index in [1.165, 1.54) is 22.2 Å². The number of methoxy groups -OCH3 is 1. The van der Waals surface area contributed by atoms with E-state index in [-0.39, 0.29) is 5.95 Å². The summed E-state index contributed by atoms with van der Waals surface area (Å²) in [4.78, 5) is 17.5. The smallest absolute Gasteiger partial charge is 0.296 e. The summed E-state index contributed by atoms with van der Waals surface area (Å²) in [5.41, 5.74) is 0.690. The van der Waals surface area contributed by atoms with Crippen LogP contribution in [0.25, 0.3) is 17.0 Å². The van der Waals surface area contributed by atoms with Crippen LogP contribution >= 0.6 is 0 Å². The summed E-state index contributed by atoms with van der Waals surface area (Å²) in [6.45, 7) is 3.66. The Morgan fingerprint density at radius 1 is 0.972 bits per heavy atom. The highest BCUT2D eigenvalue weighted by atomic mass is 32.2. The Labute approximate surface area is 207 Å². The average molecular weight is 524 g/mol. The molecule has 2 fully saturated rings. The van der Waals surface area contributed by atoms with E-state index in [0.717, 1.165) is 0 Å². The molecule has 3 aromatic rings. The van der Waals surface area contributed by atoms with Crippen LogP contribution in [0.5, 0.6) is 5.75 Å². The van der Waals surface area contributed by atoms with E-state index >= 15 is 0 Å². The van der Waals surface area contributed by atoms with Gasteiger partial charge in [0.2, 0.25) is 16.0 Å². The second-order valence-electron chi connectivity index (χ2n) is 8.57. The fraction of sp³-hybridized carbons (Fsp3) is 0.500. The molecular formula is C22H27F2N7O4S. The SMILES string of the molecule is COc1cccc2c1nc(C(F)F)n2-c1nc(N2CCOCC2)cc(N2CCN(S(C)(=O)=O)CC2)n1.